The fraction of sp³-hybridized carbons (Fsp3) is 0.632. The third kappa shape index (κ3) is 5.80. The summed E-state index contributed by atoms with van der Waals surface area (Å²) in [4.78, 5) is 28.8. The van der Waals surface area contributed by atoms with Crippen molar-refractivity contribution >= 4 is 11.9 Å². The summed E-state index contributed by atoms with van der Waals surface area (Å²) in [5.41, 5.74) is -0.252. The van der Waals surface area contributed by atoms with Gasteiger partial charge in [-0.2, -0.15) is 0 Å². The van der Waals surface area contributed by atoms with Crippen molar-refractivity contribution in [2.75, 3.05) is 26.9 Å². The predicted octanol–water partition coefficient (Wildman–Crippen LogP) is 1.29. The molecule has 2 heterocycles. The Morgan fingerprint density at radius 1 is 1.46 bits per heavy atom. The van der Waals surface area contributed by atoms with Gasteiger partial charge in [0.15, 0.2) is 23.2 Å². The van der Waals surface area contributed by atoms with Gasteiger partial charge in [-0.15, -0.1) is 0 Å². The fourth-order valence-corrected chi connectivity index (χ4v) is 2.67. The van der Waals surface area contributed by atoms with E-state index in [2.05, 4.69) is 10.3 Å². The second kappa shape index (κ2) is 10.2. The number of esters is 1. The summed E-state index contributed by atoms with van der Waals surface area (Å²) in [5, 5.41) is 12.6. The average molecular weight is 396 g/mol. The molecule has 1 aromatic rings. The van der Waals surface area contributed by atoms with E-state index in [9.17, 15) is 14.7 Å². The van der Waals surface area contributed by atoms with E-state index in [0.717, 1.165) is 0 Å². The lowest BCUT2D eigenvalue weighted by Crippen LogP contribution is -2.46. The van der Waals surface area contributed by atoms with Gasteiger partial charge in [0.05, 0.1) is 19.8 Å². The Labute approximate surface area is 164 Å². The Morgan fingerprint density at radius 3 is 2.89 bits per heavy atom. The van der Waals surface area contributed by atoms with Gasteiger partial charge in [-0.1, -0.05) is 13.8 Å². The van der Waals surface area contributed by atoms with Gasteiger partial charge in [0.25, 0.3) is 5.91 Å². The van der Waals surface area contributed by atoms with Crippen molar-refractivity contribution < 1.29 is 33.6 Å². The summed E-state index contributed by atoms with van der Waals surface area (Å²) < 4.78 is 21.8. The molecule has 1 aliphatic heterocycles. The number of hydrogen-bond donors (Lipinski definition) is 2. The van der Waals surface area contributed by atoms with Gasteiger partial charge < -0.3 is 29.4 Å². The van der Waals surface area contributed by atoms with Crippen LogP contribution < -0.4 is 10.1 Å². The number of pyridine rings is 1. The van der Waals surface area contributed by atoms with E-state index in [4.69, 9.17) is 18.9 Å². The van der Waals surface area contributed by atoms with Crippen molar-refractivity contribution in [1.82, 2.24) is 10.3 Å². The number of aromatic nitrogens is 1. The van der Waals surface area contributed by atoms with E-state index in [1.807, 2.05) is 13.8 Å². The second-order valence-corrected chi connectivity index (χ2v) is 7.01. The molecule has 9 nitrogen and oxygen atoms in total. The first-order valence-corrected chi connectivity index (χ1v) is 9.26. The van der Waals surface area contributed by atoms with Gasteiger partial charge in [-0.25, -0.2) is 9.78 Å². The molecule has 3 atom stereocenters. The molecule has 1 aromatic heterocycles. The highest BCUT2D eigenvalue weighted by Crippen LogP contribution is 2.27. The minimum absolute atomic E-state index is 0.0566. The monoisotopic (exact) mass is 396 g/mol. The first-order valence-electron chi connectivity index (χ1n) is 9.26. The normalized spacial score (nSPS) is 23.3. The molecule has 2 rings (SSSR count). The van der Waals surface area contributed by atoms with Crippen molar-refractivity contribution in [3.63, 3.8) is 0 Å². The highest BCUT2D eigenvalue weighted by Gasteiger charge is 2.31. The van der Waals surface area contributed by atoms with E-state index in [1.54, 1.807) is 6.92 Å². The summed E-state index contributed by atoms with van der Waals surface area (Å²) in [6.07, 6.45) is 1.12. The number of hydrogen-bond acceptors (Lipinski definition) is 8. The van der Waals surface area contributed by atoms with Gasteiger partial charge in [0.1, 0.15) is 6.10 Å². The number of methoxy groups -OCH3 is 1. The third-order valence-corrected chi connectivity index (χ3v) is 4.21. The van der Waals surface area contributed by atoms with Crippen molar-refractivity contribution in [2.24, 2.45) is 5.92 Å². The fourth-order valence-electron chi connectivity index (χ4n) is 2.67. The second-order valence-electron chi connectivity index (χ2n) is 7.01. The SMILES string of the molecule is COc1ccnc(C(=O)N[C@H]2COCC[C@@H](OCC(C)C)[C@H](C)OC2=O)c1O. The summed E-state index contributed by atoms with van der Waals surface area (Å²) in [6.45, 7) is 6.68. The van der Waals surface area contributed by atoms with Crippen molar-refractivity contribution in [3.8, 4) is 11.5 Å². The largest absolute Gasteiger partial charge is 0.503 e. The van der Waals surface area contributed by atoms with Crippen LogP contribution in [-0.4, -0.2) is 67.1 Å². The Hall–Kier alpha value is -2.39. The lowest BCUT2D eigenvalue weighted by atomic mass is 10.1. The molecule has 1 amide bonds. The minimum atomic E-state index is -1.04. The molecule has 0 radical (unpaired) electrons. The summed E-state index contributed by atoms with van der Waals surface area (Å²) >= 11 is 0. The maximum absolute atomic E-state index is 12.5. The Kier molecular flexibility index (Phi) is 8.01. The van der Waals surface area contributed by atoms with Crippen LogP contribution in [0.3, 0.4) is 0 Å². The summed E-state index contributed by atoms with van der Waals surface area (Å²) in [5.74, 6) is -1.32. The number of carbonyl (C=O) groups is 2. The van der Waals surface area contributed by atoms with Crippen LogP contribution in [0.2, 0.25) is 0 Å². The Balaban J connectivity index is 2.06. The quantitative estimate of drug-likeness (QED) is 0.691. The smallest absolute Gasteiger partial charge is 0.331 e. The van der Waals surface area contributed by atoms with Gasteiger partial charge in [-0.05, 0) is 12.8 Å². The number of carbonyl (C=O) groups excluding carboxylic acids is 2. The third-order valence-electron chi connectivity index (χ3n) is 4.21. The molecule has 0 aromatic carbocycles. The van der Waals surface area contributed by atoms with Crippen LogP contribution >= 0.6 is 0 Å². The van der Waals surface area contributed by atoms with E-state index in [1.165, 1.54) is 19.4 Å². The number of nitrogens with one attached hydrogen (secondary N) is 1. The molecule has 0 bridgehead atoms. The maximum atomic E-state index is 12.5. The number of nitrogens with zero attached hydrogens (tertiary/aromatic N) is 1. The van der Waals surface area contributed by atoms with E-state index in [0.29, 0.717) is 25.6 Å². The van der Waals surface area contributed by atoms with Crippen LogP contribution in [0.4, 0.5) is 0 Å². The van der Waals surface area contributed by atoms with Crippen LogP contribution in [0.25, 0.3) is 0 Å². The number of ether oxygens (including phenoxy) is 4. The first-order chi connectivity index (χ1) is 13.3. The summed E-state index contributed by atoms with van der Waals surface area (Å²) in [7, 11) is 1.36. The van der Waals surface area contributed by atoms with Gasteiger partial charge in [0, 0.05) is 31.9 Å². The Bertz CT molecular complexity index is 680. The molecular formula is C19H28N2O7. The molecule has 0 spiro atoms. The van der Waals surface area contributed by atoms with E-state index in [-0.39, 0.29) is 24.2 Å². The van der Waals surface area contributed by atoms with E-state index < -0.39 is 29.8 Å². The molecule has 0 aliphatic carbocycles. The topological polar surface area (TPSA) is 116 Å². The molecule has 2 N–H and O–H groups in total. The van der Waals surface area contributed by atoms with Crippen LogP contribution in [0.15, 0.2) is 12.3 Å². The van der Waals surface area contributed by atoms with Gasteiger partial charge >= 0.3 is 5.97 Å². The van der Waals surface area contributed by atoms with Crippen molar-refractivity contribution in [1.29, 1.82) is 0 Å². The van der Waals surface area contributed by atoms with Crippen molar-refractivity contribution in [2.45, 2.75) is 45.4 Å². The number of cyclic esters (lactones) is 1. The van der Waals surface area contributed by atoms with E-state index >= 15 is 0 Å². The molecule has 0 saturated carbocycles. The zero-order valence-electron chi connectivity index (χ0n) is 16.6. The first kappa shape index (κ1) is 21.9. The van der Waals surface area contributed by atoms with Gasteiger partial charge in [-0.3, -0.25) is 4.79 Å². The van der Waals surface area contributed by atoms with Crippen LogP contribution in [0.5, 0.6) is 11.5 Å². The molecule has 156 valence electrons. The lowest BCUT2D eigenvalue weighted by molar-refractivity contribution is -0.158. The molecule has 28 heavy (non-hydrogen) atoms. The molecule has 1 aliphatic rings. The minimum Gasteiger partial charge on any atom is -0.503 e. The maximum Gasteiger partial charge on any atom is 0.331 e. The van der Waals surface area contributed by atoms with Crippen LogP contribution in [0.1, 0.15) is 37.7 Å². The highest BCUT2D eigenvalue weighted by atomic mass is 16.6. The predicted molar refractivity (Wildman–Crippen MR) is 99.3 cm³/mol. The zero-order valence-corrected chi connectivity index (χ0v) is 16.6. The molecule has 9 heteroatoms. The number of rotatable bonds is 6. The number of amides is 1. The molecule has 0 unspecified atom stereocenters. The van der Waals surface area contributed by atoms with Crippen molar-refractivity contribution in [3.05, 3.63) is 18.0 Å². The average Bonchev–Trinajstić information content (AvgIpc) is 2.71. The van der Waals surface area contributed by atoms with Crippen LogP contribution in [0, 0.1) is 5.92 Å². The number of aromatic hydroxyl groups is 1. The Morgan fingerprint density at radius 2 is 2.21 bits per heavy atom. The highest BCUT2D eigenvalue weighted by molar-refractivity contribution is 5.98. The molecule has 1 saturated heterocycles. The summed E-state index contributed by atoms with van der Waals surface area (Å²) in [6, 6.07) is 0.383. The van der Waals surface area contributed by atoms with Crippen LogP contribution in [-0.2, 0) is 19.0 Å². The molecule has 1 fully saturated rings. The zero-order chi connectivity index (χ0) is 20.7. The lowest BCUT2D eigenvalue weighted by Gasteiger charge is -2.25. The van der Waals surface area contributed by atoms with Gasteiger partial charge in [0.2, 0.25) is 0 Å². The standard InChI is InChI=1S/C19H28N2O7/c1-11(2)9-27-14-6-8-26-10-13(19(24)28-12(14)3)21-18(23)16-17(22)15(25-4)5-7-20-16/h5,7,11-14,22H,6,8-10H2,1-4H3,(H,21,23)/t12-,13-,14+/m0/s1. The molecular weight excluding hydrogens is 368 g/mol.